The molecule has 0 bridgehead atoms. The second kappa shape index (κ2) is 6.20. The molecule has 1 aromatic carbocycles. The van der Waals surface area contributed by atoms with Crippen molar-refractivity contribution in [3.05, 3.63) is 29.6 Å². The molecule has 94 valence electrons. The third-order valence-corrected chi connectivity index (χ3v) is 2.43. The first kappa shape index (κ1) is 13.4. The van der Waals surface area contributed by atoms with Crippen LogP contribution in [-0.4, -0.2) is 24.7 Å². The smallest absolute Gasteiger partial charge is 0.307 e. The fourth-order valence-electron chi connectivity index (χ4n) is 1.40. The number of nitrogens with one attached hydrogen (secondary N) is 1. The van der Waals surface area contributed by atoms with Crippen LogP contribution in [0.15, 0.2) is 18.2 Å². The van der Waals surface area contributed by atoms with Gasteiger partial charge in [-0.2, -0.15) is 0 Å². The van der Waals surface area contributed by atoms with E-state index >= 15 is 0 Å². The fraction of sp³-hybridized carbons (Fsp3) is 0.417. The van der Waals surface area contributed by atoms with Crippen LogP contribution in [-0.2, 0) is 11.3 Å². The van der Waals surface area contributed by atoms with E-state index in [0.29, 0.717) is 24.4 Å². The van der Waals surface area contributed by atoms with Crippen LogP contribution in [0.2, 0.25) is 0 Å². The number of ether oxygens (including phenoxy) is 1. The Hall–Kier alpha value is -1.62. The summed E-state index contributed by atoms with van der Waals surface area (Å²) in [5.74, 6) is -1.09. The molecule has 1 unspecified atom stereocenters. The van der Waals surface area contributed by atoms with Crippen molar-refractivity contribution < 1.29 is 19.0 Å². The van der Waals surface area contributed by atoms with Crippen molar-refractivity contribution in [3.8, 4) is 5.75 Å². The molecule has 0 fully saturated rings. The molecule has 0 radical (unpaired) electrons. The summed E-state index contributed by atoms with van der Waals surface area (Å²) in [7, 11) is 1.51. The number of hydrogen-bond donors (Lipinski definition) is 2. The molecule has 0 aromatic heterocycles. The highest BCUT2D eigenvalue weighted by atomic mass is 19.1. The van der Waals surface area contributed by atoms with Gasteiger partial charge in [-0.25, -0.2) is 4.39 Å². The molecular formula is C12H16FNO3. The first-order valence-corrected chi connectivity index (χ1v) is 5.30. The SMILES string of the molecule is COc1ccc(F)cc1CNCC(C)C(=O)O. The summed E-state index contributed by atoms with van der Waals surface area (Å²) in [6.45, 7) is 2.31. The maximum atomic E-state index is 13.0. The normalized spacial score (nSPS) is 12.2. The minimum atomic E-state index is -0.858. The number of benzene rings is 1. The van der Waals surface area contributed by atoms with Gasteiger partial charge in [0.1, 0.15) is 11.6 Å². The van der Waals surface area contributed by atoms with Crippen molar-refractivity contribution in [2.75, 3.05) is 13.7 Å². The summed E-state index contributed by atoms with van der Waals surface area (Å²) >= 11 is 0. The molecule has 0 spiro atoms. The predicted molar refractivity (Wildman–Crippen MR) is 61.5 cm³/mol. The number of methoxy groups -OCH3 is 1. The Bertz CT molecular complexity index is 395. The minimum Gasteiger partial charge on any atom is -0.496 e. The van der Waals surface area contributed by atoms with Crippen molar-refractivity contribution in [1.29, 1.82) is 0 Å². The summed E-state index contributed by atoms with van der Waals surface area (Å²) in [6.07, 6.45) is 0. The highest BCUT2D eigenvalue weighted by Crippen LogP contribution is 2.18. The molecule has 2 N–H and O–H groups in total. The molecule has 1 aromatic rings. The second-order valence-corrected chi connectivity index (χ2v) is 3.83. The molecule has 0 aliphatic heterocycles. The molecule has 1 atom stereocenters. The van der Waals surface area contributed by atoms with Gasteiger partial charge in [0, 0.05) is 18.7 Å². The summed E-state index contributed by atoms with van der Waals surface area (Å²) in [4.78, 5) is 10.6. The average Bonchev–Trinajstić information content (AvgIpc) is 2.29. The number of rotatable bonds is 6. The lowest BCUT2D eigenvalue weighted by atomic mass is 10.1. The van der Waals surface area contributed by atoms with E-state index in [4.69, 9.17) is 9.84 Å². The van der Waals surface area contributed by atoms with Crippen LogP contribution in [0, 0.1) is 11.7 Å². The van der Waals surface area contributed by atoms with E-state index in [-0.39, 0.29) is 5.82 Å². The van der Waals surface area contributed by atoms with Crippen LogP contribution in [0.4, 0.5) is 4.39 Å². The number of carboxylic acids is 1. The Morgan fingerprint density at radius 3 is 2.88 bits per heavy atom. The summed E-state index contributed by atoms with van der Waals surface area (Å²) in [5, 5.41) is 11.7. The van der Waals surface area contributed by atoms with Gasteiger partial charge in [-0.15, -0.1) is 0 Å². The quantitative estimate of drug-likeness (QED) is 0.795. The van der Waals surface area contributed by atoms with Crippen LogP contribution >= 0.6 is 0 Å². The van der Waals surface area contributed by atoms with Crippen LogP contribution in [0.5, 0.6) is 5.75 Å². The molecule has 0 saturated carbocycles. The van der Waals surface area contributed by atoms with E-state index in [2.05, 4.69) is 5.32 Å². The Labute approximate surface area is 99.4 Å². The highest BCUT2D eigenvalue weighted by molar-refractivity contribution is 5.69. The minimum absolute atomic E-state index is 0.328. The van der Waals surface area contributed by atoms with Crippen LogP contribution in [0.3, 0.4) is 0 Å². The standard InChI is InChI=1S/C12H16FNO3/c1-8(12(15)16)6-14-7-9-5-10(13)3-4-11(9)17-2/h3-5,8,14H,6-7H2,1-2H3,(H,15,16). The zero-order valence-corrected chi connectivity index (χ0v) is 9.87. The zero-order valence-electron chi connectivity index (χ0n) is 9.87. The number of halogens is 1. The number of aliphatic carboxylic acids is 1. The molecule has 0 amide bonds. The lowest BCUT2D eigenvalue weighted by Gasteiger charge is -2.11. The average molecular weight is 241 g/mol. The molecule has 5 heteroatoms. The van der Waals surface area contributed by atoms with Gasteiger partial charge in [0.15, 0.2) is 0 Å². The zero-order chi connectivity index (χ0) is 12.8. The summed E-state index contributed by atoms with van der Waals surface area (Å²) in [5.41, 5.74) is 0.671. The van der Waals surface area contributed by atoms with Crippen LogP contribution in [0.1, 0.15) is 12.5 Å². The monoisotopic (exact) mass is 241 g/mol. The molecule has 0 heterocycles. The van der Waals surface area contributed by atoms with Crippen LogP contribution < -0.4 is 10.1 Å². The number of carbonyl (C=O) groups is 1. The third-order valence-electron chi connectivity index (χ3n) is 2.43. The molecule has 4 nitrogen and oxygen atoms in total. The van der Waals surface area contributed by atoms with Gasteiger partial charge < -0.3 is 15.2 Å². The maximum absolute atomic E-state index is 13.0. The lowest BCUT2D eigenvalue weighted by molar-refractivity contribution is -0.140. The Morgan fingerprint density at radius 1 is 1.59 bits per heavy atom. The number of carboxylic acid groups (broad SMARTS) is 1. The third kappa shape index (κ3) is 4.03. The van der Waals surface area contributed by atoms with Gasteiger partial charge in [0.2, 0.25) is 0 Å². The second-order valence-electron chi connectivity index (χ2n) is 3.83. The Morgan fingerprint density at radius 2 is 2.29 bits per heavy atom. The van der Waals surface area contributed by atoms with Gasteiger partial charge in [0.05, 0.1) is 13.0 Å². The van der Waals surface area contributed by atoms with Gasteiger partial charge in [0.25, 0.3) is 0 Å². The Kier molecular flexibility index (Phi) is 4.90. The van der Waals surface area contributed by atoms with E-state index in [9.17, 15) is 9.18 Å². The van der Waals surface area contributed by atoms with Gasteiger partial charge in [-0.1, -0.05) is 6.92 Å². The molecule has 17 heavy (non-hydrogen) atoms. The summed E-state index contributed by atoms with van der Waals surface area (Å²) < 4.78 is 18.1. The molecule has 0 aliphatic carbocycles. The van der Waals surface area contributed by atoms with Crippen molar-refractivity contribution >= 4 is 5.97 Å². The van der Waals surface area contributed by atoms with Crippen molar-refractivity contribution in [3.63, 3.8) is 0 Å². The lowest BCUT2D eigenvalue weighted by Crippen LogP contribution is -2.26. The largest absolute Gasteiger partial charge is 0.496 e. The first-order valence-electron chi connectivity index (χ1n) is 5.30. The maximum Gasteiger partial charge on any atom is 0.307 e. The van der Waals surface area contributed by atoms with E-state index in [1.165, 1.54) is 19.2 Å². The van der Waals surface area contributed by atoms with Crippen molar-refractivity contribution in [1.82, 2.24) is 5.32 Å². The predicted octanol–water partition coefficient (Wildman–Crippen LogP) is 1.64. The molecular weight excluding hydrogens is 225 g/mol. The van der Waals surface area contributed by atoms with E-state index in [1.54, 1.807) is 13.0 Å². The first-order chi connectivity index (χ1) is 8.04. The fourth-order valence-corrected chi connectivity index (χ4v) is 1.40. The molecule has 1 rings (SSSR count). The summed E-state index contributed by atoms with van der Waals surface area (Å²) in [6, 6.07) is 4.24. The van der Waals surface area contributed by atoms with Gasteiger partial charge in [-0.3, -0.25) is 4.79 Å². The highest BCUT2D eigenvalue weighted by Gasteiger charge is 2.10. The van der Waals surface area contributed by atoms with Crippen molar-refractivity contribution in [2.24, 2.45) is 5.92 Å². The van der Waals surface area contributed by atoms with E-state index < -0.39 is 11.9 Å². The Balaban J connectivity index is 2.56. The van der Waals surface area contributed by atoms with Gasteiger partial charge in [-0.05, 0) is 18.2 Å². The van der Waals surface area contributed by atoms with E-state index in [1.807, 2.05) is 0 Å². The topological polar surface area (TPSA) is 58.6 Å². The van der Waals surface area contributed by atoms with E-state index in [0.717, 1.165) is 0 Å². The van der Waals surface area contributed by atoms with Crippen molar-refractivity contribution in [2.45, 2.75) is 13.5 Å². The number of hydrogen-bond acceptors (Lipinski definition) is 3. The van der Waals surface area contributed by atoms with Gasteiger partial charge >= 0.3 is 5.97 Å². The molecule has 0 saturated heterocycles. The molecule has 0 aliphatic rings. The van der Waals surface area contributed by atoms with Crippen LogP contribution in [0.25, 0.3) is 0 Å².